The fraction of sp³-hybridized carbons (Fsp3) is 0.0189. The summed E-state index contributed by atoms with van der Waals surface area (Å²) >= 11 is 0. The quantitative estimate of drug-likeness (QED) is 0.181. The summed E-state index contributed by atoms with van der Waals surface area (Å²) in [5.74, 6) is 1.70. The summed E-state index contributed by atoms with van der Waals surface area (Å²) < 4.78 is 13.8. The van der Waals surface area contributed by atoms with Crippen LogP contribution in [0.4, 0.5) is 17.1 Å². The SMILES string of the molecule is c1ccc(-c2ccc(N(c3ccc4oc5c6ccccc6ccc5c4c3)c3cccc4c3Oc3ccccc3C43c4ccccc4-c4ccccc43)cc2)cc1. The van der Waals surface area contributed by atoms with Crippen molar-refractivity contribution in [1.82, 2.24) is 0 Å². The Balaban J connectivity index is 1.13. The normalized spacial score (nSPS) is 13.3. The fourth-order valence-corrected chi connectivity index (χ4v) is 9.53. The first-order chi connectivity index (χ1) is 27.8. The second-order valence-electron chi connectivity index (χ2n) is 14.8. The topological polar surface area (TPSA) is 25.6 Å². The van der Waals surface area contributed by atoms with Gasteiger partial charge in [0.1, 0.15) is 16.9 Å². The number of hydrogen-bond donors (Lipinski definition) is 0. The molecule has 0 saturated carbocycles. The average molecular weight is 716 g/mol. The number of fused-ring (bicyclic) bond motifs is 14. The average Bonchev–Trinajstić information content (AvgIpc) is 3.79. The van der Waals surface area contributed by atoms with E-state index in [1.807, 2.05) is 0 Å². The highest BCUT2D eigenvalue weighted by Crippen LogP contribution is 2.63. The molecule has 262 valence electrons. The lowest BCUT2D eigenvalue weighted by molar-refractivity contribution is 0.437. The van der Waals surface area contributed by atoms with Gasteiger partial charge in [-0.25, -0.2) is 0 Å². The zero-order valence-corrected chi connectivity index (χ0v) is 30.3. The molecule has 0 fully saturated rings. The van der Waals surface area contributed by atoms with Crippen molar-refractivity contribution in [2.45, 2.75) is 5.41 Å². The molecule has 1 aliphatic heterocycles. The maximum Gasteiger partial charge on any atom is 0.156 e. The summed E-state index contributed by atoms with van der Waals surface area (Å²) in [6.07, 6.45) is 0. The lowest BCUT2D eigenvalue weighted by atomic mass is 9.66. The molecule has 1 aliphatic carbocycles. The van der Waals surface area contributed by atoms with Crippen molar-refractivity contribution in [2.75, 3.05) is 4.90 Å². The Morgan fingerprint density at radius 3 is 1.86 bits per heavy atom. The van der Waals surface area contributed by atoms with Gasteiger partial charge >= 0.3 is 0 Å². The Labute approximate surface area is 324 Å². The van der Waals surface area contributed by atoms with Crippen LogP contribution in [0.5, 0.6) is 11.5 Å². The van der Waals surface area contributed by atoms with Crippen LogP contribution in [0.25, 0.3) is 55.0 Å². The molecule has 10 aromatic rings. The van der Waals surface area contributed by atoms with E-state index in [0.29, 0.717) is 0 Å². The second kappa shape index (κ2) is 11.8. The number of benzene rings is 9. The van der Waals surface area contributed by atoms with Gasteiger partial charge < -0.3 is 14.1 Å². The molecule has 3 nitrogen and oxygen atoms in total. The smallest absolute Gasteiger partial charge is 0.156 e. The van der Waals surface area contributed by atoms with E-state index < -0.39 is 5.41 Å². The molecule has 9 aromatic carbocycles. The predicted molar refractivity (Wildman–Crippen MR) is 229 cm³/mol. The third-order valence-electron chi connectivity index (χ3n) is 11.9. The monoisotopic (exact) mass is 715 g/mol. The van der Waals surface area contributed by atoms with Crippen molar-refractivity contribution < 1.29 is 9.15 Å². The third-order valence-corrected chi connectivity index (χ3v) is 11.9. The number of anilines is 3. The molecular weight excluding hydrogens is 683 g/mol. The van der Waals surface area contributed by atoms with E-state index in [-0.39, 0.29) is 0 Å². The molecule has 12 rings (SSSR count). The summed E-state index contributed by atoms with van der Waals surface area (Å²) in [6, 6.07) is 71.8. The Morgan fingerprint density at radius 2 is 1.05 bits per heavy atom. The van der Waals surface area contributed by atoms with E-state index in [1.54, 1.807) is 0 Å². The van der Waals surface area contributed by atoms with Crippen LogP contribution in [-0.4, -0.2) is 0 Å². The van der Waals surface area contributed by atoms with Crippen LogP contribution in [0.15, 0.2) is 205 Å². The van der Waals surface area contributed by atoms with Gasteiger partial charge in [0.2, 0.25) is 0 Å². The Morgan fingerprint density at radius 1 is 0.411 bits per heavy atom. The molecule has 2 heterocycles. The number of nitrogens with zero attached hydrogens (tertiary/aromatic N) is 1. The molecular formula is C53H33NO2. The van der Waals surface area contributed by atoms with Gasteiger partial charge in [-0.1, -0.05) is 152 Å². The second-order valence-corrected chi connectivity index (χ2v) is 14.8. The summed E-state index contributed by atoms with van der Waals surface area (Å²) in [5.41, 5.74) is 13.9. The predicted octanol–water partition coefficient (Wildman–Crippen LogP) is 14.3. The van der Waals surface area contributed by atoms with E-state index >= 15 is 0 Å². The molecule has 0 amide bonds. The maximum atomic E-state index is 7.17. The van der Waals surface area contributed by atoms with Crippen molar-refractivity contribution in [3.8, 4) is 33.8 Å². The highest BCUT2D eigenvalue weighted by molar-refractivity contribution is 6.15. The van der Waals surface area contributed by atoms with Gasteiger partial charge in [0.25, 0.3) is 0 Å². The summed E-state index contributed by atoms with van der Waals surface area (Å²) in [7, 11) is 0. The molecule has 0 unspecified atom stereocenters. The van der Waals surface area contributed by atoms with Crippen molar-refractivity contribution in [2.24, 2.45) is 0 Å². The van der Waals surface area contributed by atoms with Crippen molar-refractivity contribution in [3.05, 3.63) is 222 Å². The van der Waals surface area contributed by atoms with Gasteiger partial charge in [0.05, 0.1) is 11.1 Å². The third kappa shape index (κ3) is 4.28. The summed E-state index contributed by atoms with van der Waals surface area (Å²) in [4.78, 5) is 2.35. The summed E-state index contributed by atoms with van der Waals surface area (Å²) in [5, 5.41) is 4.44. The van der Waals surface area contributed by atoms with Crippen LogP contribution >= 0.6 is 0 Å². The van der Waals surface area contributed by atoms with Crippen LogP contribution in [0.3, 0.4) is 0 Å². The number of ether oxygens (including phenoxy) is 1. The molecule has 0 N–H and O–H groups in total. The fourth-order valence-electron chi connectivity index (χ4n) is 9.53. The van der Waals surface area contributed by atoms with Crippen molar-refractivity contribution in [1.29, 1.82) is 0 Å². The Bertz CT molecular complexity index is 3130. The molecule has 0 bridgehead atoms. The molecule has 3 heteroatoms. The van der Waals surface area contributed by atoms with Gasteiger partial charge in [-0.3, -0.25) is 0 Å². The lowest BCUT2D eigenvalue weighted by Crippen LogP contribution is -2.32. The first-order valence-corrected chi connectivity index (χ1v) is 19.2. The van der Waals surface area contributed by atoms with Crippen molar-refractivity contribution >= 4 is 49.8 Å². The first-order valence-electron chi connectivity index (χ1n) is 19.2. The zero-order chi connectivity index (χ0) is 36.8. The van der Waals surface area contributed by atoms with Crippen LogP contribution in [-0.2, 0) is 5.41 Å². The molecule has 1 spiro atoms. The van der Waals surface area contributed by atoms with Crippen molar-refractivity contribution in [3.63, 3.8) is 0 Å². The number of para-hydroxylation sites is 2. The largest absolute Gasteiger partial charge is 0.455 e. The Hall–Kier alpha value is -7.36. The van der Waals surface area contributed by atoms with Gasteiger partial charge in [-0.15, -0.1) is 0 Å². The lowest BCUT2D eigenvalue weighted by Gasteiger charge is -2.41. The van der Waals surface area contributed by atoms with Crippen LogP contribution in [0, 0.1) is 0 Å². The van der Waals surface area contributed by atoms with E-state index in [0.717, 1.165) is 78.0 Å². The number of rotatable bonds is 4. The number of furan rings is 1. The van der Waals surface area contributed by atoms with Gasteiger partial charge in [0.15, 0.2) is 5.75 Å². The summed E-state index contributed by atoms with van der Waals surface area (Å²) in [6.45, 7) is 0. The van der Waals surface area contributed by atoms with E-state index in [4.69, 9.17) is 9.15 Å². The van der Waals surface area contributed by atoms with Crippen LogP contribution in [0.2, 0.25) is 0 Å². The minimum Gasteiger partial charge on any atom is -0.455 e. The van der Waals surface area contributed by atoms with E-state index in [1.165, 1.54) is 27.8 Å². The standard InChI is InChI=1S/C53H33NO2/c1-2-13-34(14-3-1)35-25-28-37(29-26-35)54(38-30-32-49-43(33-38)42-31-27-36-15-4-5-16-39(36)51(42)55-49)48-23-12-22-47-52(48)56-50-24-11-10-21-46(50)53(47)44-19-8-6-17-40(44)41-18-7-9-20-45(41)53/h1-33H. The molecule has 2 aliphatic rings. The van der Waals surface area contributed by atoms with Gasteiger partial charge in [-0.05, 0) is 87.3 Å². The van der Waals surface area contributed by atoms with E-state index in [9.17, 15) is 0 Å². The highest BCUT2D eigenvalue weighted by Gasteiger charge is 2.51. The van der Waals surface area contributed by atoms with Gasteiger partial charge in [0, 0.05) is 38.7 Å². The molecule has 0 saturated heterocycles. The Kier molecular flexibility index (Phi) is 6.55. The molecule has 56 heavy (non-hydrogen) atoms. The maximum absolute atomic E-state index is 7.17. The minimum atomic E-state index is -0.567. The minimum absolute atomic E-state index is 0.567. The number of hydrogen-bond acceptors (Lipinski definition) is 3. The van der Waals surface area contributed by atoms with Gasteiger partial charge in [-0.2, -0.15) is 0 Å². The molecule has 0 radical (unpaired) electrons. The molecule has 0 atom stereocenters. The van der Waals surface area contributed by atoms with Crippen LogP contribution in [0.1, 0.15) is 22.3 Å². The van der Waals surface area contributed by atoms with Crippen LogP contribution < -0.4 is 9.64 Å². The zero-order valence-electron chi connectivity index (χ0n) is 30.3. The highest BCUT2D eigenvalue weighted by atomic mass is 16.5. The van der Waals surface area contributed by atoms with E-state index in [2.05, 4.69) is 205 Å². The first kappa shape index (κ1) is 31.0. The molecule has 1 aromatic heterocycles.